The average molecular weight is 331 g/mol. The van der Waals surface area contributed by atoms with Crippen LogP contribution < -0.4 is 5.32 Å². The zero-order valence-corrected chi connectivity index (χ0v) is 12.4. The SMILES string of the molecule is CC1C2CNCC2CN1Cc1c(F)ccc(Br)c1F. The molecule has 2 nitrogen and oxygen atoms in total. The van der Waals surface area contributed by atoms with Gasteiger partial charge in [-0.2, -0.15) is 0 Å². The third-order valence-electron chi connectivity index (χ3n) is 4.56. The number of likely N-dealkylation sites (tertiary alicyclic amines) is 1. The lowest BCUT2D eigenvalue weighted by atomic mass is 9.95. The van der Waals surface area contributed by atoms with E-state index in [9.17, 15) is 8.78 Å². The molecule has 2 aliphatic heterocycles. The molecular weight excluding hydrogens is 314 g/mol. The van der Waals surface area contributed by atoms with Crippen molar-refractivity contribution in [2.75, 3.05) is 19.6 Å². The Kier molecular flexibility index (Phi) is 3.62. The molecule has 0 spiro atoms. The normalized spacial score (nSPS) is 30.8. The molecule has 3 atom stereocenters. The molecule has 5 heteroatoms. The van der Waals surface area contributed by atoms with E-state index in [1.165, 1.54) is 12.1 Å². The molecule has 0 amide bonds. The molecule has 0 bridgehead atoms. The Bertz CT molecular complexity index is 495. The molecule has 1 aromatic rings. The Labute approximate surface area is 120 Å². The Hall–Kier alpha value is -0.520. The minimum atomic E-state index is -0.470. The summed E-state index contributed by atoms with van der Waals surface area (Å²) in [7, 11) is 0. The summed E-state index contributed by atoms with van der Waals surface area (Å²) in [6, 6.07) is 3.11. The van der Waals surface area contributed by atoms with Crippen LogP contribution in [0.15, 0.2) is 16.6 Å². The zero-order valence-electron chi connectivity index (χ0n) is 10.8. The highest BCUT2D eigenvalue weighted by Gasteiger charge is 2.41. The first-order chi connectivity index (χ1) is 9.08. The van der Waals surface area contributed by atoms with Crippen LogP contribution in [0, 0.1) is 23.5 Å². The Balaban J connectivity index is 1.81. The molecule has 19 heavy (non-hydrogen) atoms. The van der Waals surface area contributed by atoms with Crippen LogP contribution in [0.5, 0.6) is 0 Å². The number of nitrogens with one attached hydrogen (secondary N) is 1. The van der Waals surface area contributed by atoms with Crippen LogP contribution in [0.25, 0.3) is 0 Å². The van der Waals surface area contributed by atoms with Gasteiger partial charge in [-0.1, -0.05) is 0 Å². The topological polar surface area (TPSA) is 15.3 Å². The lowest BCUT2D eigenvalue weighted by molar-refractivity contribution is 0.225. The van der Waals surface area contributed by atoms with Gasteiger partial charge in [-0.15, -0.1) is 0 Å². The number of benzene rings is 1. The minimum Gasteiger partial charge on any atom is -0.316 e. The van der Waals surface area contributed by atoms with Gasteiger partial charge in [-0.25, -0.2) is 8.78 Å². The third-order valence-corrected chi connectivity index (χ3v) is 5.17. The summed E-state index contributed by atoms with van der Waals surface area (Å²) < 4.78 is 28.1. The van der Waals surface area contributed by atoms with E-state index in [0.29, 0.717) is 28.9 Å². The zero-order chi connectivity index (χ0) is 13.6. The second-order valence-electron chi connectivity index (χ2n) is 5.57. The van der Waals surface area contributed by atoms with Gasteiger partial charge in [0.15, 0.2) is 0 Å². The van der Waals surface area contributed by atoms with Crippen molar-refractivity contribution in [1.29, 1.82) is 0 Å². The van der Waals surface area contributed by atoms with E-state index in [1.54, 1.807) is 0 Å². The van der Waals surface area contributed by atoms with Crippen LogP contribution in [0.1, 0.15) is 12.5 Å². The fraction of sp³-hybridized carbons (Fsp3) is 0.571. The van der Waals surface area contributed by atoms with Gasteiger partial charge < -0.3 is 5.32 Å². The standard InChI is InChI=1S/C14H17BrF2N2/c1-8-10-5-18-4-9(10)6-19(8)7-11-13(16)3-2-12(15)14(11)17/h2-3,8-10,18H,4-7H2,1H3. The quantitative estimate of drug-likeness (QED) is 0.839. The fourth-order valence-corrected chi connectivity index (χ4v) is 3.75. The maximum absolute atomic E-state index is 14.0. The summed E-state index contributed by atoms with van der Waals surface area (Å²) in [4.78, 5) is 2.20. The van der Waals surface area contributed by atoms with Crippen molar-refractivity contribution in [1.82, 2.24) is 10.2 Å². The van der Waals surface area contributed by atoms with Crippen molar-refractivity contribution in [3.8, 4) is 0 Å². The maximum atomic E-state index is 14.0. The summed E-state index contributed by atoms with van der Waals surface area (Å²) in [6.07, 6.45) is 0. The summed E-state index contributed by atoms with van der Waals surface area (Å²) >= 11 is 3.12. The highest BCUT2D eigenvalue weighted by Crippen LogP contribution is 2.34. The van der Waals surface area contributed by atoms with Crippen molar-refractivity contribution in [3.63, 3.8) is 0 Å². The van der Waals surface area contributed by atoms with Crippen LogP contribution >= 0.6 is 15.9 Å². The van der Waals surface area contributed by atoms with E-state index in [0.717, 1.165) is 19.6 Å². The van der Waals surface area contributed by atoms with Crippen LogP contribution in [-0.2, 0) is 6.54 Å². The van der Waals surface area contributed by atoms with Gasteiger partial charge in [0.05, 0.1) is 4.47 Å². The van der Waals surface area contributed by atoms with Crippen LogP contribution in [0.3, 0.4) is 0 Å². The molecule has 3 rings (SSSR count). The molecule has 0 saturated carbocycles. The lowest BCUT2D eigenvalue weighted by Gasteiger charge is -2.24. The molecule has 0 aromatic heterocycles. The molecule has 2 saturated heterocycles. The highest BCUT2D eigenvalue weighted by atomic mass is 79.9. The molecular formula is C14H17BrF2N2. The monoisotopic (exact) mass is 330 g/mol. The first-order valence-electron chi connectivity index (χ1n) is 6.65. The van der Waals surface area contributed by atoms with Crippen LogP contribution in [-0.4, -0.2) is 30.6 Å². The number of nitrogens with zero attached hydrogens (tertiary/aromatic N) is 1. The van der Waals surface area contributed by atoms with Crippen molar-refractivity contribution >= 4 is 15.9 Å². The lowest BCUT2D eigenvalue weighted by Crippen LogP contribution is -2.33. The van der Waals surface area contributed by atoms with Crippen molar-refractivity contribution in [2.45, 2.75) is 19.5 Å². The number of halogens is 3. The molecule has 2 fully saturated rings. The second kappa shape index (κ2) is 5.11. The van der Waals surface area contributed by atoms with Gasteiger partial charge in [-0.3, -0.25) is 4.90 Å². The Morgan fingerprint density at radius 1 is 1.37 bits per heavy atom. The number of hydrogen-bond donors (Lipinski definition) is 1. The average Bonchev–Trinajstić information content (AvgIpc) is 2.94. The summed E-state index contributed by atoms with van der Waals surface area (Å²) in [5, 5.41) is 3.39. The summed E-state index contributed by atoms with van der Waals surface area (Å²) in [5.74, 6) is 0.303. The number of fused-ring (bicyclic) bond motifs is 1. The maximum Gasteiger partial charge on any atom is 0.144 e. The molecule has 0 radical (unpaired) electrons. The first kappa shape index (κ1) is 13.5. The Morgan fingerprint density at radius 2 is 2.16 bits per heavy atom. The molecule has 1 N–H and O–H groups in total. The molecule has 104 valence electrons. The summed E-state index contributed by atoms with van der Waals surface area (Å²) in [6.45, 7) is 5.47. The molecule has 0 aliphatic carbocycles. The van der Waals surface area contributed by atoms with Gasteiger partial charge in [0.2, 0.25) is 0 Å². The predicted octanol–water partition coefficient (Wildman–Crippen LogP) is 2.77. The number of hydrogen-bond acceptors (Lipinski definition) is 2. The third kappa shape index (κ3) is 2.32. The second-order valence-corrected chi connectivity index (χ2v) is 6.43. The van der Waals surface area contributed by atoms with Gasteiger partial charge in [-0.05, 0) is 59.9 Å². The molecule has 2 heterocycles. The largest absolute Gasteiger partial charge is 0.316 e. The summed E-state index contributed by atoms with van der Waals surface area (Å²) in [5.41, 5.74) is 0.175. The van der Waals surface area contributed by atoms with E-state index < -0.39 is 11.6 Å². The Morgan fingerprint density at radius 3 is 2.89 bits per heavy atom. The van der Waals surface area contributed by atoms with E-state index >= 15 is 0 Å². The van der Waals surface area contributed by atoms with Gasteiger partial charge in [0, 0.05) is 24.7 Å². The van der Waals surface area contributed by atoms with Crippen LogP contribution in [0.4, 0.5) is 8.78 Å². The predicted molar refractivity (Wildman–Crippen MR) is 73.8 cm³/mol. The fourth-order valence-electron chi connectivity index (χ4n) is 3.38. The highest BCUT2D eigenvalue weighted by molar-refractivity contribution is 9.10. The smallest absolute Gasteiger partial charge is 0.144 e. The van der Waals surface area contributed by atoms with Crippen molar-refractivity contribution in [2.24, 2.45) is 11.8 Å². The first-order valence-corrected chi connectivity index (χ1v) is 7.44. The van der Waals surface area contributed by atoms with Crippen LogP contribution in [0.2, 0.25) is 0 Å². The molecule has 2 aliphatic rings. The van der Waals surface area contributed by atoms with E-state index in [4.69, 9.17) is 0 Å². The number of rotatable bonds is 2. The van der Waals surface area contributed by atoms with Crippen molar-refractivity contribution < 1.29 is 8.78 Å². The van der Waals surface area contributed by atoms with Gasteiger partial charge >= 0.3 is 0 Å². The molecule has 1 aromatic carbocycles. The van der Waals surface area contributed by atoms with Gasteiger partial charge in [0.25, 0.3) is 0 Å². The van der Waals surface area contributed by atoms with E-state index in [2.05, 4.69) is 33.1 Å². The van der Waals surface area contributed by atoms with Gasteiger partial charge in [0.1, 0.15) is 11.6 Å². The molecule has 3 unspecified atom stereocenters. The van der Waals surface area contributed by atoms with E-state index in [1.807, 2.05) is 0 Å². The van der Waals surface area contributed by atoms with E-state index in [-0.39, 0.29) is 5.56 Å². The van der Waals surface area contributed by atoms with Crippen molar-refractivity contribution in [3.05, 3.63) is 33.8 Å². The minimum absolute atomic E-state index is 0.175.